The first-order chi connectivity index (χ1) is 9.02. The summed E-state index contributed by atoms with van der Waals surface area (Å²) in [5, 5.41) is 5.83. The molecule has 1 aliphatic rings. The zero-order valence-corrected chi connectivity index (χ0v) is 11.0. The maximum absolute atomic E-state index is 13.6. The third kappa shape index (κ3) is 3.29. The Labute approximate surface area is 111 Å². The number of rotatable bonds is 5. The molecule has 1 aromatic carbocycles. The Hall–Kier alpha value is -1.49. The number of carbonyl (C=O) groups excluding carboxylic acids is 1. The molecule has 3 unspecified atom stereocenters. The summed E-state index contributed by atoms with van der Waals surface area (Å²) in [7, 11) is 1.82. The van der Waals surface area contributed by atoms with Crippen LogP contribution in [0.15, 0.2) is 18.2 Å². The Bertz CT molecular complexity index is 479. The fraction of sp³-hybridized carbons (Fsp3) is 0.500. The molecular weight excluding hydrogens is 250 g/mol. The van der Waals surface area contributed by atoms with E-state index in [-0.39, 0.29) is 23.8 Å². The van der Waals surface area contributed by atoms with E-state index in [0.29, 0.717) is 18.5 Å². The van der Waals surface area contributed by atoms with Crippen molar-refractivity contribution in [3.8, 4) is 0 Å². The predicted molar refractivity (Wildman–Crippen MR) is 68.7 cm³/mol. The lowest BCUT2D eigenvalue weighted by molar-refractivity contribution is -0.122. The molecule has 1 aromatic rings. The molecule has 1 saturated carbocycles. The topological polar surface area (TPSA) is 41.1 Å². The number of nitrogens with one attached hydrogen (secondary N) is 2. The van der Waals surface area contributed by atoms with Crippen LogP contribution in [0.25, 0.3) is 0 Å². The molecule has 5 heteroatoms. The van der Waals surface area contributed by atoms with Gasteiger partial charge in [-0.2, -0.15) is 0 Å². The van der Waals surface area contributed by atoms with E-state index in [1.54, 1.807) is 0 Å². The Balaban J connectivity index is 1.93. The van der Waals surface area contributed by atoms with E-state index in [9.17, 15) is 13.6 Å². The van der Waals surface area contributed by atoms with Crippen LogP contribution in [0, 0.1) is 17.6 Å². The van der Waals surface area contributed by atoms with Crippen molar-refractivity contribution in [1.82, 2.24) is 10.6 Å². The first-order valence-electron chi connectivity index (χ1n) is 6.43. The molecule has 1 aliphatic carbocycles. The third-order valence-electron chi connectivity index (χ3n) is 3.56. The van der Waals surface area contributed by atoms with E-state index >= 15 is 0 Å². The van der Waals surface area contributed by atoms with Gasteiger partial charge < -0.3 is 10.6 Å². The van der Waals surface area contributed by atoms with Gasteiger partial charge in [-0.1, -0.05) is 0 Å². The van der Waals surface area contributed by atoms with Crippen molar-refractivity contribution in [3.63, 3.8) is 0 Å². The zero-order valence-electron chi connectivity index (χ0n) is 11.0. The van der Waals surface area contributed by atoms with Gasteiger partial charge in [0.25, 0.3) is 0 Å². The molecule has 0 heterocycles. The van der Waals surface area contributed by atoms with Gasteiger partial charge in [-0.05, 0) is 50.1 Å². The fourth-order valence-electron chi connectivity index (χ4n) is 2.11. The highest BCUT2D eigenvalue weighted by atomic mass is 19.1. The molecule has 2 N–H and O–H groups in total. The van der Waals surface area contributed by atoms with Crippen LogP contribution in [-0.4, -0.2) is 25.5 Å². The van der Waals surface area contributed by atoms with Crippen molar-refractivity contribution in [3.05, 3.63) is 35.4 Å². The van der Waals surface area contributed by atoms with E-state index in [1.807, 2.05) is 14.0 Å². The molecule has 0 aliphatic heterocycles. The van der Waals surface area contributed by atoms with Gasteiger partial charge in [0.15, 0.2) is 0 Å². The van der Waals surface area contributed by atoms with Crippen molar-refractivity contribution in [2.75, 3.05) is 13.6 Å². The monoisotopic (exact) mass is 268 g/mol. The maximum Gasteiger partial charge on any atom is 0.223 e. The highest BCUT2D eigenvalue weighted by molar-refractivity contribution is 5.82. The summed E-state index contributed by atoms with van der Waals surface area (Å²) in [6.45, 7) is 2.49. The largest absolute Gasteiger partial charge is 0.354 e. The normalized spacial score (nSPS) is 22.9. The number of halogens is 2. The van der Waals surface area contributed by atoms with E-state index < -0.39 is 11.6 Å². The van der Waals surface area contributed by atoms with E-state index in [1.165, 1.54) is 6.07 Å². The second-order valence-corrected chi connectivity index (χ2v) is 5.05. The van der Waals surface area contributed by atoms with Crippen LogP contribution >= 0.6 is 0 Å². The second-order valence-electron chi connectivity index (χ2n) is 5.05. The molecule has 1 amide bonds. The van der Waals surface area contributed by atoms with Gasteiger partial charge in [0.2, 0.25) is 5.91 Å². The van der Waals surface area contributed by atoms with Crippen LogP contribution in [0.2, 0.25) is 0 Å². The van der Waals surface area contributed by atoms with Crippen molar-refractivity contribution >= 4 is 5.91 Å². The highest BCUT2D eigenvalue weighted by Crippen LogP contribution is 2.48. The summed E-state index contributed by atoms with van der Waals surface area (Å²) < 4.78 is 26.6. The van der Waals surface area contributed by atoms with Crippen molar-refractivity contribution in [2.24, 2.45) is 5.92 Å². The second kappa shape index (κ2) is 5.65. The maximum atomic E-state index is 13.6. The molecule has 3 atom stereocenters. The molecule has 0 aromatic heterocycles. The number of likely N-dealkylation sites (N-methyl/N-ethyl adjacent to an activating group) is 1. The van der Waals surface area contributed by atoms with Crippen LogP contribution in [0.1, 0.15) is 24.8 Å². The fourth-order valence-corrected chi connectivity index (χ4v) is 2.11. The Morgan fingerprint density at radius 1 is 1.47 bits per heavy atom. The van der Waals surface area contributed by atoms with Crippen LogP contribution in [0.5, 0.6) is 0 Å². The average molecular weight is 268 g/mol. The molecule has 0 spiro atoms. The van der Waals surface area contributed by atoms with Crippen molar-refractivity contribution in [2.45, 2.75) is 25.3 Å². The Morgan fingerprint density at radius 2 is 2.21 bits per heavy atom. The summed E-state index contributed by atoms with van der Waals surface area (Å²) in [5.74, 6) is -1.42. The standard InChI is InChI=1S/C14H18F2N2O/c1-8(17-2)7-18-14(19)12-6-10(12)11-5-9(15)3-4-13(11)16/h3-5,8,10,12,17H,6-7H2,1-2H3,(H,18,19). The molecular formula is C14H18F2N2O. The first kappa shape index (κ1) is 13.9. The Kier molecular flexibility index (Phi) is 4.14. The van der Waals surface area contributed by atoms with Crippen molar-refractivity contribution in [1.29, 1.82) is 0 Å². The number of hydrogen-bond acceptors (Lipinski definition) is 2. The van der Waals surface area contributed by atoms with E-state index in [4.69, 9.17) is 0 Å². The van der Waals surface area contributed by atoms with Crippen LogP contribution in [0.4, 0.5) is 8.78 Å². The SMILES string of the molecule is CNC(C)CNC(=O)C1CC1c1cc(F)ccc1F. The predicted octanol–water partition coefficient (Wildman–Crippen LogP) is 1.79. The van der Waals surface area contributed by atoms with Gasteiger partial charge in [0.05, 0.1) is 0 Å². The van der Waals surface area contributed by atoms with Crippen LogP contribution in [0.3, 0.4) is 0 Å². The molecule has 2 rings (SSSR count). The molecule has 0 bridgehead atoms. The van der Waals surface area contributed by atoms with E-state index in [2.05, 4.69) is 10.6 Å². The molecule has 3 nitrogen and oxygen atoms in total. The summed E-state index contributed by atoms with van der Waals surface area (Å²) in [6.07, 6.45) is 0.583. The lowest BCUT2D eigenvalue weighted by Gasteiger charge is -2.11. The first-order valence-corrected chi connectivity index (χ1v) is 6.43. The number of carbonyl (C=O) groups is 1. The third-order valence-corrected chi connectivity index (χ3v) is 3.56. The van der Waals surface area contributed by atoms with E-state index in [0.717, 1.165) is 12.1 Å². The zero-order chi connectivity index (χ0) is 14.0. The average Bonchev–Trinajstić information content (AvgIpc) is 3.18. The summed E-state index contributed by atoms with van der Waals surface area (Å²) in [4.78, 5) is 11.9. The lowest BCUT2D eigenvalue weighted by Crippen LogP contribution is -2.38. The van der Waals surface area contributed by atoms with Crippen molar-refractivity contribution < 1.29 is 13.6 Å². The molecule has 0 saturated heterocycles. The molecule has 1 fully saturated rings. The van der Waals surface area contributed by atoms with Gasteiger partial charge in [-0.15, -0.1) is 0 Å². The molecule has 104 valence electrons. The minimum absolute atomic E-state index is 0.0873. The summed E-state index contributed by atoms with van der Waals surface area (Å²) >= 11 is 0. The smallest absolute Gasteiger partial charge is 0.223 e. The van der Waals surface area contributed by atoms with Crippen LogP contribution in [-0.2, 0) is 4.79 Å². The van der Waals surface area contributed by atoms with Gasteiger partial charge >= 0.3 is 0 Å². The Morgan fingerprint density at radius 3 is 2.89 bits per heavy atom. The number of hydrogen-bond donors (Lipinski definition) is 2. The lowest BCUT2D eigenvalue weighted by atomic mass is 10.1. The van der Waals surface area contributed by atoms with Crippen LogP contribution < -0.4 is 10.6 Å². The molecule has 0 radical (unpaired) electrons. The quantitative estimate of drug-likeness (QED) is 0.855. The number of amides is 1. The summed E-state index contributed by atoms with van der Waals surface area (Å²) in [6, 6.07) is 3.57. The highest BCUT2D eigenvalue weighted by Gasteiger charge is 2.45. The van der Waals surface area contributed by atoms with Gasteiger partial charge in [0.1, 0.15) is 11.6 Å². The number of benzene rings is 1. The minimum Gasteiger partial charge on any atom is -0.354 e. The summed E-state index contributed by atoms with van der Waals surface area (Å²) in [5.41, 5.74) is 0.307. The molecule has 19 heavy (non-hydrogen) atoms. The van der Waals surface area contributed by atoms with Gasteiger partial charge in [-0.3, -0.25) is 4.79 Å². The minimum atomic E-state index is -0.466. The van der Waals surface area contributed by atoms with Gasteiger partial charge in [-0.25, -0.2) is 8.78 Å². The van der Waals surface area contributed by atoms with Gasteiger partial charge in [0, 0.05) is 18.5 Å².